The van der Waals surface area contributed by atoms with E-state index in [0.717, 1.165) is 6.07 Å². The van der Waals surface area contributed by atoms with E-state index in [1.807, 2.05) is 0 Å². The van der Waals surface area contributed by atoms with Gasteiger partial charge in [0.15, 0.2) is 0 Å². The molecule has 0 saturated heterocycles. The predicted molar refractivity (Wildman–Crippen MR) is 79.9 cm³/mol. The quantitative estimate of drug-likeness (QED) is 0.764. The molecular formula is C14H9IO6. The highest BCUT2D eigenvalue weighted by Crippen LogP contribution is 2.34. The fourth-order valence-electron chi connectivity index (χ4n) is 1.90. The number of benzene rings is 2. The summed E-state index contributed by atoms with van der Waals surface area (Å²) in [5.74, 6) is -2.79. The molecular weight excluding hydrogens is 391 g/mol. The highest BCUT2D eigenvalue weighted by atomic mass is 127. The van der Waals surface area contributed by atoms with Gasteiger partial charge < -0.3 is 10.2 Å². The maximum atomic E-state index is 11.5. The molecule has 0 fully saturated rings. The molecule has 0 bridgehead atoms. The average Bonchev–Trinajstić information content (AvgIpc) is 2.46. The number of halogens is 1. The van der Waals surface area contributed by atoms with Crippen molar-refractivity contribution in [3.8, 4) is 11.1 Å². The van der Waals surface area contributed by atoms with Crippen molar-refractivity contribution in [3.05, 3.63) is 57.2 Å². The lowest BCUT2D eigenvalue weighted by molar-refractivity contribution is 0.0695. The zero-order chi connectivity index (χ0) is 15.6. The minimum absolute atomic E-state index is 0.100. The van der Waals surface area contributed by atoms with Crippen LogP contribution in [0.3, 0.4) is 0 Å². The topological polar surface area (TPSA) is 109 Å². The first kappa shape index (κ1) is 15.1. The van der Waals surface area contributed by atoms with Crippen LogP contribution in [0.4, 0.5) is 0 Å². The Morgan fingerprint density at radius 3 is 2.00 bits per heavy atom. The van der Waals surface area contributed by atoms with E-state index in [1.54, 1.807) is 30.3 Å². The Hall–Kier alpha value is -2.29. The molecule has 0 aromatic heterocycles. The zero-order valence-corrected chi connectivity index (χ0v) is 12.6. The molecule has 2 rings (SSSR count). The minimum atomic E-state index is -4.14. The van der Waals surface area contributed by atoms with Crippen LogP contribution in [0, 0.1) is 3.57 Å². The van der Waals surface area contributed by atoms with Gasteiger partial charge in [0.25, 0.3) is 0 Å². The zero-order valence-electron chi connectivity index (χ0n) is 10.4. The monoisotopic (exact) mass is 400 g/mol. The number of aromatic carboxylic acids is 2. The molecule has 0 atom stereocenters. The van der Waals surface area contributed by atoms with Crippen LogP contribution >= 0.6 is 19.8 Å². The van der Waals surface area contributed by atoms with E-state index in [-0.39, 0.29) is 14.7 Å². The number of carbonyl (C=O) groups is 2. The minimum Gasteiger partial charge on any atom is -0.478 e. The lowest BCUT2D eigenvalue weighted by Crippen LogP contribution is -2.07. The summed E-state index contributed by atoms with van der Waals surface area (Å²) in [6.07, 6.45) is 0. The Morgan fingerprint density at radius 2 is 1.52 bits per heavy atom. The highest BCUT2D eigenvalue weighted by Gasteiger charge is 2.22. The molecule has 108 valence electrons. The second kappa shape index (κ2) is 6.00. The molecule has 0 unspecified atom stereocenters. The van der Waals surface area contributed by atoms with Crippen LogP contribution in [0.2, 0.25) is 0 Å². The molecule has 21 heavy (non-hydrogen) atoms. The summed E-state index contributed by atoms with van der Waals surface area (Å²) < 4.78 is 22.7. The van der Waals surface area contributed by atoms with Gasteiger partial charge in [0.2, 0.25) is 0 Å². The van der Waals surface area contributed by atoms with Crippen LogP contribution in [-0.2, 0) is 6.14 Å². The molecule has 0 spiro atoms. The largest absolute Gasteiger partial charge is 0.478 e. The van der Waals surface area contributed by atoms with Gasteiger partial charge in [-0.1, -0.05) is 30.3 Å². The predicted octanol–water partition coefficient (Wildman–Crippen LogP) is 3.12. The third-order valence-electron chi connectivity index (χ3n) is 2.79. The molecule has 0 radical (unpaired) electrons. The third kappa shape index (κ3) is 3.07. The van der Waals surface area contributed by atoms with Gasteiger partial charge in [0.05, 0.1) is 14.7 Å². The summed E-state index contributed by atoms with van der Waals surface area (Å²) in [6.45, 7) is 0. The van der Waals surface area contributed by atoms with Crippen molar-refractivity contribution >= 4 is 31.7 Å². The molecule has 0 saturated carbocycles. The second-order valence-corrected chi connectivity index (χ2v) is 6.40. The van der Waals surface area contributed by atoms with E-state index < -0.39 is 37.3 Å². The number of hydrogen-bond donors (Lipinski definition) is 2. The third-order valence-corrected chi connectivity index (χ3v) is 4.83. The Morgan fingerprint density at radius 1 is 0.905 bits per heavy atom. The SMILES string of the molecule is O=C(O)c1cc(C(=O)O)c(I(=O)=O)c(-c2ccccc2)c1. The van der Waals surface area contributed by atoms with Gasteiger partial charge in [-0.25, -0.2) is 15.7 Å². The van der Waals surface area contributed by atoms with Gasteiger partial charge in [0.1, 0.15) is 0 Å². The summed E-state index contributed by atoms with van der Waals surface area (Å²) in [5, 5.41) is 18.2. The Bertz CT molecular complexity index is 785. The number of carboxylic acid groups (broad SMARTS) is 2. The molecule has 2 N–H and O–H groups in total. The van der Waals surface area contributed by atoms with Crippen LogP contribution in [0.5, 0.6) is 0 Å². The van der Waals surface area contributed by atoms with E-state index in [1.165, 1.54) is 6.07 Å². The van der Waals surface area contributed by atoms with Gasteiger partial charge in [-0.05, 0) is 17.7 Å². The Kier molecular flexibility index (Phi) is 4.32. The normalized spacial score (nSPS) is 10.5. The van der Waals surface area contributed by atoms with Crippen molar-refractivity contribution in [2.24, 2.45) is 0 Å². The maximum Gasteiger partial charge on any atom is 0.342 e. The number of hydrogen-bond acceptors (Lipinski definition) is 4. The Balaban J connectivity index is 2.89. The lowest BCUT2D eigenvalue weighted by atomic mass is 10.00. The molecule has 0 aliphatic carbocycles. The van der Waals surface area contributed by atoms with Gasteiger partial charge >= 0.3 is 31.7 Å². The van der Waals surface area contributed by atoms with Crippen LogP contribution in [0.1, 0.15) is 20.7 Å². The summed E-state index contributed by atoms with van der Waals surface area (Å²) >= 11 is -4.14. The molecule has 0 amide bonds. The molecule has 6 nitrogen and oxygen atoms in total. The molecule has 0 aliphatic rings. The first-order valence-electron chi connectivity index (χ1n) is 5.67. The molecule has 2 aromatic carbocycles. The summed E-state index contributed by atoms with van der Waals surface area (Å²) in [4.78, 5) is 22.3. The van der Waals surface area contributed by atoms with Crippen LogP contribution in [-0.4, -0.2) is 22.2 Å². The van der Waals surface area contributed by atoms with Gasteiger partial charge in [0, 0.05) is 5.56 Å². The van der Waals surface area contributed by atoms with Crippen LogP contribution < -0.4 is 0 Å². The molecule has 0 heterocycles. The van der Waals surface area contributed by atoms with Gasteiger partial charge in [-0.15, -0.1) is 0 Å². The lowest BCUT2D eigenvalue weighted by Gasteiger charge is -2.09. The van der Waals surface area contributed by atoms with Crippen molar-refractivity contribution in [2.75, 3.05) is 0 Å². The average molecular weight is 400 g/mol. The summed E-state index contributed by atoms with van der Waals surface area (Å²) in [7, 11) is 0. The van der Waals surface area contributed by atoms with Crippen LogP contribution in [0.15, 0.2) is 42.5 Å². The van der Waals surface area contributed by atoms with Crippen LogP contribution in [0.25, 0.3) is 11.1 Å². The first-order valence-corrected chi connectivity index (χ1v) is 8.51. The van der Waals surface area contributed by atoms with Crippen molar-refractivity contribution in [3.63, 3.8) is 0 Å². The number of rotatable bonds is 4. The van der Waals surface area contributed by atoms with E-state index in [4.69, 9.17) is 10.2 Å². The van der Waals surface area contributed by atoms with E-state index in [0.29, 0.717) is 5.56 Å². The van der Waals surface area contributed by atoms with E-state index in [2.05, 4.69) is 0 Å². The summed E-state index contributed by atoms with van der Waals surface area (Å²) in [6, 6.07) is 10.3. The standard InChI is InChI=1S/C14H9IO6/c16-13(17)9-6-10(8-4-2-1-3-5-8)12(15(20)21)11(7-9)14(18)19/h1-7H,(H,16,17)(H,18,19). The first-order chi connectivity index (χ1) is 9.91. The van der Waals surface area contributed by atoms with Crippen molar-refractivity contribution in [1.82, 2.24) is 0 Å². The van der Waals surface area contributed by atoms with Crippen molar-refractivity contribution in [2.45, 2.75) is 0 Å². The number of carboxylic acids is 2. The van der Waals surface area contributed by atoms with Crippen molar-refractivity contribution in [1.29, 1.82) is 0 Å². The van der Waals surface area contributed by atoms with Gasteiger partial charge in [-0.2, -0.15) is 0 Å². The van der Waals surface area contributed by atoms with Crippen molar-refractivity contribution < 1.29 is 25.9 Å². The highest BCUT2D eigenvalue weighted by molar-refractivity contribution is 14.2. The van der Waals surface area contributed by atoms with Gasteiger partial charge in [-0.3, -0.25) is 0 Å². The fraction of sp³-hybridized carbons (Fsp3) is 0. The molecule has 2 aromatic rings. The smallest absolute Gasteiger partial charge is 0.342 e. The van der Waals surface area contributed by atoms with E-state index in [9.17, 15) is 15.7 Å². The maximum absolute atomic E-state index is 11.5. The molecule has 7 heteroatoms. The Labute approximate surface area is 126 Å². The summed E-state index contributed by atoms with van der Waals surface area (Å²) in [5.41, 5.74) is -0.230. The molecule has 0 aliphatic heterocycles. The second-order valence-electron chi connectivity index (χ2n) is 4.08. The fourth-order valence-corrected chi connectivity index (χ4v) is 3.70. The van der Waals surface area contributed by atoms with E-state index >= 15 is 0 Å².